The van der Waals surface area contributed by atoms with E-state index in [0.29, 0.717) is 18.0 Å². The zero-order valence-corrected chi connectivity index (χ0v) is 12.6. The topological polar surface area (TPSA) is 48.1 Å². The predicted molar refractivity (Wildman–Crippen MR) is 77.3 cm³/mol. The molecule has 98 valence electrons. The second kappa shape index (κ2) is 8.14. The average molecular weight is 344 g/mol. The van der Waals surface area contributed by atoms with Crippen LogP contribution in [0.1, 0.15) is 25.7 Å². The van der Waals surface area contributed by atoms with Gasteiger partial charge in [-0.3, -0.25) is 0 Å². The zero-order chi connectivity index (χ0) is 10.7. The van der Waals surface area contributed by atoms with E-state index >= 15 is 0 Å². The Hall–Kier alpha value is -0.0300. The molecule has 0 radical (unpaired) electrons. The quantitative estimate of drug-likeness (QED) is 0.895. The minimum atomic E-state index is 0. The fraction of sp³-hybridized carbons (Fsp3) is 0.545. The number of halogens is 3. The highest BCUT2D eigenvalue weighted by Gasteiger charge is 2.19. The van der Waals surface area contributed by atoms with Crippen molar-refractivity contribution in [2.45, 2.75) is 37.8 Å². The van der Waals surface area contributed by atoms with Crippen LogP contribution in [0.5, 0.6) is 5.88 Å². The van der Waals surface area contributed by atoms with E-state index in [1.54, 1.807) is 6.20 Å². The smallest absolute Gasteiger partial charge is 0.213 e. The van der Waals surface area contributed by atoms with Crippen molar-refractivity contribution in [1.29, 1.82) is 0 Å². The normalized spacial score (nSPS) is 23.2. The van der Waals surface area contributed by atoms with Gasteiger partial charge in [0.25, 0.3) is 0 Å². The van der Waals surface area contributed by atoms with Crippen LogP contribution < -0.4 is 10.5 Å². The van der Waals surface area contributed by atoms with Gasteiger partial charge in [0.15, 0.2) is 0 Å². The van der Waals surface area contributed by atoms with E-state index in [9.17, 15) is 0 Å². The number of hydrogen-bond donors (Lipinski definition) is 1. The van der Waals surface area contributed by atoms with Gasteiger partial charge in [0, 0.05) is 22.8 Å². The Morgan fingerprint density at radius 3 is 2.35 bits per heavy atom. The molecule has 0 spiro atoms. The summed E-state index contributed by atoms with van der Waals surface area (Å²) in [5, 5.41) is 0. The largest absolute Gasteiger partial charge is 0.474 e. The number of hydrogen-bond acceptors (Lipinski definition) is 3. The summed E-state index contributed by atoms with van der Waals surface area (Å²) >= 11 is 3.34. The Bertz CT molecular complexity index is 316. The van der Waals surface area contributed by atoms with Crippen molar-refractivity contribution in [2.24, 2.45) is 5.73 Å². The van der Waals surface area contributed by atoms with Gasteiger partial charge in [-0.15, -0.1) is 24.8 Å². The number of rotatable bonds is 2. The van der Waals surface area contributed by atoms with Gasteiger partial charge in [0.2, 0.25) is 5.88 Å². The monoisotopic (exact) mass is 342 g/mol. The first-order valence-electron chi connectivity index (χ1n) is 5.28. The molecule has 1 fully saturated rings. The summed E-state index contributed by atoms with van der Waals surface area (Å²) in [6, 6.07) is 4.19. The average Bonchev–Trinajstić information content (AvgIpc) is 2.25. The van der Waals surface area contributed by atoms with Gasteiger partial charge in [-0.2, -0.15) is 0 Å². The lowest BCUT2D eigenvalue weighted by atomic mass is 9.94. The van der Waals surface area contributed by atoms with Crippen LogP contribution >= 0.6 is 40.7 Å². The molecule has 0 bridgehead atoms. The Morgan fingerprint density at radius 2 is 1.82 bits per heavy atom. The fourth-order valence-corrected chi connectivity index (χ4v) is 2.04. The van der Waals surface area contributed by atoms with Gasteiger partial charge in [0.05, 0.1) is 0 Å². The van der Waals surface area contributed by atoms with Gasteiger partial charge in [-0.1, -0.05) is 0 Å². The molecule has 1 aromatic rings. The van der Waals surface area contributed by atoms with E-state index in [0.717, 1.165) is 30.2 Å². The molecular formula is C11H17BrCl2N2O. The zero-order valence-electron chi connectivity index (χ0n) is 9.34. The van der Waals surface area contributed by atoms with Crippen LogP contribution in [0.15, 0.2) is 22.8 Å². The van der Waals surface area contributed by atoms with E-state index < -0.39 is 0 Å². The maximum Gasteiger partial charge on any atom is 0.213 e. The lowest BCUT2D eigenvalue weighted by molar-refractivity contribution is 0.141. The SMILES string of the molecule is Cl.Cl.NC1CCC(Oc2ccc(Br)cn2)CC1. The lowest BCUT2D eigenvalue weighted by Crippen LogP contribution is -2.31. The molecule has 6 heteroatoms. The summed E-state index contributed by atoms with van der Waals surface area (Å²) in [4.78, 5) is 4.19. The molecule has 0 atom stereocenters. The van der Waals surface area contributed by atoms with E-state index in [4.69, 9.17) is 10.5 Å². The van der Waals surface area contributed by atoms with Crippen LogP contribution in [-0.4, -0.2) is 17.1 Å². The van der Waals surface area contributed by atoms with Crippen LogP contribution in [0.2, 0.25) is 0 Å². The third-order valence-corrected chi connectivity index (χ3v) is 3.18. The number of nitrogens with two attached hydrogens (primary N) is 1. The molecule has 1 aromatic heterocycles. The maximum absolute atomic E-state index is 5.83. The van der Waals surface area contributed by atoms with E-state index in [2.05, 4.69) is 20.9 Å². The Labute approximate surface area is 122 Å². The molecule has 1 aliphatic rings. The van der Waals surface area contributed by atoms with E-state index in [1.807, 2.05) is 12.1 Å². The van der Waals surface area contributed by atoms with Gasteiger partial charge in [-0.25, -0.2) is 4.98 Å². The third kappa shape index (κ3) is 5.42. The Balaban J connectivity index is 0.00000128. The standard InChI is InChI=1S/C11H15BrN2O.2ClH/c12-8-1-6-11(14-7-8)15-10-4-2-9(13)3-5-10;;/h1,6-7,9-10H,2-5,13H2;2*1H. The molecule has 0 aromatic carbocycles. The van der Waals surface area contributed by atoms with Crippen molar-refractivity contribution in [3.8, 4) is 5.88 Å². The van der Waals surface area contributed by atoms with Crippen molar-refractivity contribution >= 4 is 40.7 Å². The van der Waals surface area contributed by atoms with Crippen molar-refractivity contribution in [3.63, 3.8) is 0 Å². The molecule has 0 unspecified atom stereocenters. The molecule has 2 rings (SSSR count). The highest BCUT2D eigenvalue weighted by atomic mass is 79.9. The molecule has 0 amide bonds. The summed E-state index contributed by atoms with van der Waals surface area (Å²) in [5.74, 6) is 0.707. The summed E-state index contributed by atoms with van der Waals surface area (Å²) < 4.78 is 6.74. The molecule has 0 aliphatic heterocycles. The fourth-order valence-electron chi connectivity index (χ4n) is 1.81. The van der Waals surface area contributed by atoms with Crippen molar-refractivity contribution in [2.75, 3.05) is 0 Å². The minimum Gasteiger partial charge on any atom is -0.474 e. The molecule has 0 saturated heterocycles. The van der Waals surface area contributed by atoms with Gasteiger partial charge in [-0.05, 0) is 47.7 Å². The number of nitrogens with zero attached hydrogens (tertiary/aromatic N) is 1. The van der Waals surface area contributed by atoms with Crippen LogP contribution in [0.3, 0.4) is 0 Å². The van der Waals surface area contributed by atoms with Crippen LogP contribution in [0.4, 0.5) is 0 Å². The molecule has 2 N–H and O–H groups in total. The molecule has 1 saturated carbocycles. The highest BCUT2D eigenvalue weighted by Crippen LogP contribution is 2.22. The lowest BCUT2D eigenvalue weighted by Gasteiger charge is -2.26. The minimum absolute atomic E-state index is 0. The van der Waals surface area contributed by atoms with Gasteiger partial charge in [0.1, 0.15) is 6.10 Å². The first kappa shape index (κ1) is 17.0. The summed E-state index contributed by atoms with van der Waals surface area (Å²) in [5.41, 5.74) is 5.83. The summed E-state index contributed by atoms with van der Waals surface area (Å²) in [6.45, 7) is 0. The first-order valence-corrected chi connectivity index (χ1v) is 6.07. The van der Waals surface area contributed by atoms with Crippen LogP contribution in [-0.2, 0) is 0 Å². The van der Waals surface area contributed by atoms with E-state index in [-0.39, 0.29) is 24.8 Å². The van der Waals surface area contributed by atoms with E-state index in [1.165, 1.54) is 0 Å². The number of pyridine rings is 1. The van der Waals surface area contributed by atoms with Crippen molar-refractivity contribution in [3.05, 3.63) is 22.8 Å². The molecular weight excluding hydrogens is 327 g/mol. The molecule has 1 aliphatic carbocycles. The maximum atomic E-state index is 5.83. The first-order chi connectivity index (χ1) is 7.24. The Morgan fingerprint density at radius 1 is 1.18 bits per heavy atom. The van der Waals surface area contributed by atoms with Crippen molar-refractivity contribution in [1.82, 2.24) is 4.98 Å². The number of ether oxygens (including phenoxy) is 1. The van der Waals surface area contributed by atoms with Crippen LogP contribution in [0.25, 0.3) is 0 Å². The second-order valence-corrected chi connectivity index (χ2v) is 4.88. The molecule has 1 heterocycles. The Kier molecular flexibility index (Phi) is 8.12. The third-order valence-electron chi connectivity index (χ3n) is 2.71. The van der Waals surface area contributed by atoms with Crippen LogP contribution in [0, 0.1) is 0 Å². The highest BCUT2D eigenvalue weighted by molar-refractivity contribution is 9.10. The van der Waals surface area contributed by atoms with Crippen molar-refractivity contribution < 1.29 is 4.74 Å². The molecule has 17 heavy (non-hydrogen) atoms. The second-order valence-electron chi connectivity index (χ2n) is 3.97. The van der Waals surface area contributed by atoms with Gasteiger partial charge < -0.3 is 10.5 Å². The predicted octanol–water partition coefficient (Wildman–Crippen LogP) is 3.34. The summed E-state index contributed by atoms with van der Waals surface area (Å²) in [6.07, 6.45) is 6.24. The van der Waals surface area contributed by atoms with Gasteiger partial charge >= 0.3 is 0 Å². The molecule has 3 nitrogen and oxygen atoms in total. The summed E-state index contributed by atoms with van der Waals surface area (Å²) in [7, 11) is 0. The number of aromatic nitrogens is 1.